The molecular weight excluding hydrogens is 244 g/mol. The van der Waals surface area contributed by atoms with Crippen LogP contribution in [-0.2, 0) is 4.79 Å². The number of carbonyl (C=O) groups excluding carboxylic acids is 1. The molecule has 1 amide bonds. The van der Waals surface area contributed by atoms with Crippen LogP contribution in [0.4, 0.5) is 5.82 Å². The van der Waals surface area contributed by atoms with E-state index in [0.29, 0.717) is 12.6 Å². The van der Waals surface area contributed by atoms with Crippen molar-refractivity contribution >= 4 is 11.7 Å². The van der Waals surface area contributed by atoms with Crippen molar-refractivity contribution in [1.82, 2.24) is 14.9 Å². The molecule has 0 aliphatic heterocycles. The molecule has 19 heavy (non-hydrogen) atoms. The van der Waals surface area contributed by atoms with Crippen LogP contribution in [0.25, 0.3) is 0 Å². The van der Waals surface area contributed by atoms with Gasteiger partial charge in [0, 0.05) is 25.0 Å². The Kier molecular flexibility index (Phi) is 4.19. The maximum Gasteiger partial charge on any atom is 0.293 e. The highest BCUT2D eigenvalue weighted by molar-refractivity contribution is 5.83. The van der Waals surface area contributed by atoms with Crippen LogP contribution < -0.4 is 16.2 Å². The van der Waals surface area contributed by atoms with E-state index in [-0.39, 0.29) is 17.3 Å². The van der Waals surface area contributed by atoms with E-state index in [2.05, 4.69) is 15.6 Å². The molecule has 0 radical (unpaired) electrons. The van der Waals surface area contributed by atoms with Crippen molar-refractivity contribution < 1.29 is 4.79 Å². The van der Waals surface area contributed by atoms with Crippen molar-refractivity contribution in [1.29, 1.82) is 0 Å². The minimum atomic E-state index is -0.471. The summed E-state index contributed by atoms with van der Waals surface area (Å²) in [6.07, 6.45) is 6.26. The number of carbonyl (C=O) groups is 1. The number of hydrogen-bond donors (Lipinski definition) is 2. The molecular formula is C13H20N4O2. The van der Waals surface area contributed by atoms with Gasteiger partial charge < -0.3 is 15.2 Å². The Labute approximate surface area is 112 Å². The predicted molar refractivity (Wildman–Crippen MR) is 73.2 cm³/mol. The Bertz CT molecular complexity index is 508. The first-order valence-electron chi connectivity index (χ1n) is 6.75. The van der Waals surface area contributed by atoms with E-state index in [0.717, 1.165) is 19.3 Å². The second kappa shape index (κ2) is 5.86. The maximum atomic E-state index is 12.1. The molecule has 1 atom stereocenters. The van der Waals surface area contributed by atoms with E-state index < -0.39 is 6.04 Å². The zero-order valence-electron chi connectivity index (χ0n) is 11.3. The molecule has 1 heterocycles. The Morgan fingerprint density at radius 2 is 2.32 bits per heavy atom. The van der Waals surface area contributed by atoms with E-state index in [1.807, 2.05) is 6.92 Å². The van der Waals surface area contributed by atoms with Gasteiger partial charge in [-0.2, -0.15) is 0 Å². The fraction of sp³-hybridized carbons (Fsp3) is 0.615. The highest BCUT2D eigenvalue weighted by atomic mass is 16.2. The molecule has 0 aromatic carbocycles. The van der Waals surface area contributed by atoms with Crippen molar-refractivity contribution in [3.05, 3.63) is 22.7 Å². The van der Waals surface area contributed by atoms with Crippen molar-refractivity contribution in [2.75, 3.05) is 11.9 Å². The molecule has 1 aliphatic rings. The number of nitrogens with zero attached hydrogens (tertiary/aromatic N) is 2. The zero-order chi connectivity index (χ0) is 13.8. The molecule has 104 valence electrons. The van der Waals surface area contributed by atoms with Crippen LogP contribution in [0.5, 0.6) is 0 Å². The van der Waals surface area contributed by atoms with Crippen LogP contribution in [0, 0.1) is 0 Å². The minimum Gasteiger partial charge on any atom is -0.354 e. The normalized spacial score (nSPS) is 15.9. The lowest BCUT2D eigenvalue weighted by Gasteiger charge is -2.14. The lowest BCUT2D eigenvalue weighted by Crippen LogP contribution is -2.39. The number of rotatable bonds is 6. The van der Waals surface area contributed by atoms with Crippen LogP contribution >= 0.6 is 0 Å². The van der Waals surface area contributed by atoms with Gasteiger partial charge in [0.2, 0.25) is 5.91 Å². The molecule has 1 aromatic heterocycles. The second-order valence-electron chi connectivity index (χ2n) is 4.88. The Morgan fingerprint density at radius 1 is 1.58 bits per heavy atom. The maximum absolute atomic E-state index is 12.1. The Hall–Kier alpha value is -1.85. The summed E-state index contributed by atoms with van der Waals surface area (Å²) < 4.78 is 1.69. The third-order valence-electron chi connectivity index (χ3n) is 3.10. The summed E-state index contributed by atoms with van der Waals surface area (Å²) in [6, 6.07) is -0.165. The summed E-state index contributed by atoms with van der Waals surface area (Å²) in [5, 5.41) is 5.67. The van der Waals surface area contributed by atoms with Gasteiger partial charge in [-0.3, -0.25) is 9.59 Å². The number of nitrogens with one attached hydrogen (secondary N) is 2. The first-order valence-corrected chi connectivity index (χ1v) is 6.75. The summed E-state index contributed by atoms with van der Waals surface area (Å²) in [5.41, 5.74) is -0.153. The summed E-state index contributed by atoms with van der Waals surface area (Å²) in [7, 11) is 0. The molecule has 1 unspecified atom stereocenters. The first kappa shape index (κ1) is 13.6. The highest BCUT2D eigenvalue weighted by Crippen LogP contribution is 2.33. The summed E-state index contributed by atoms with van der Waals surface area (Å²) in [5.74, 6) is 0.124. The van der Waals surface area contributed by atoms with Crippen LogP contribution in [0.3, 0.4) is 0 Å². The number of amides is 1. The Morgan fingerprint density at radius 3 is 2.95 bits per heavy atom. The van der Waals surface area contributed by atoms with Gasteiger partial charge in [0.15, 0.2) is 5.82 Å². The topological polar surface area (TPSA) is 76.0 Å². The standard InChI is InChI=1S/C13H20N4O2/c1-3-6-15-12(18)9(2)16-11-13(19)17(8-7-14-11)10-4-5-10/h7-10H,3-6H2,1-2H3,(H,14,16)(H,15,18). The van der Waals surface area contributed by atoms with E-state index in [1.54, 1.807) is 23.9 Å². The van der Waals surface area contributed by atoms with Gasteiger partial charge in [0.05, 0.1) is 0 Å². The smallest absolute Gasteiger partial charge is 0.293 e. The quantitative estimate of drug-likeness (QED) is 0.800. The fourth-order valence-corrected chi connectivity index (χ4v) is 1.84. The minimum absolute atomic E-state index is 0.120. The number of hydrogen-bond acceptors (Lipinski definition) is 4. The SMILES string of the molecule is CCCNC(=O)C(C)Nc1nccn(C2CC2)c1=O. The third-order valence-corrected chi connectivity index (χ3v) is 3.10. The highest BCUT2D eigenvalue weighted by Gasteiger charge is 2.25. The van der Waals surface area contributed by atoms with Crippen LogP contribution in [0.15, 0.2) is 17.2 Å². The van der Waals surface area contributed by atoms with Gasteiger partial charge in [0.1, 0.15) is 6.04 Å². The van der Waals surface area contributed by atoms with E-state index in [1.165, 1.54) is 0 Å². The second-order valence-corrected chi connectivity index (χ2v) is 4.88. The molecule has 1 saturated carbocycles. The van der Waals surface area contributed by atoms with E-state index in [4.69, 9.17) is 0 Å². The van der Waals surface area contributed by atoms with Crippen molar-refractivity contribution in [2.24, 2.45) is 0 Å². The van der Waals surface area contributed by atoms with Crippen molar-refractivity contribution in [3.63, 3.8) is 0 Å². The average molecular weight is 264 g/mol. The van der Waals surface area contributed by atoms with Gasteiger partial charge in [-0.1, -0.05) is 6.92 Å². The molecule has 6 heteroatoms. The molecule has 0 saturated heterocycles. The Balaban J connectivity index is 2.04. The average Bonchev–Trinajstić information content (AvgIpc) is 3.22. The summed E-state index contributed by atoms with van der Waals surface area (Å²) in [6.45, 7) is 4.35. The fourth-order valence-electron chi connectivity index (χ4n) is 1.84. The van der Waals surface area contributed by atoms with Gasteiger partial charge >= 0.3 is 0 Å². The lowest BCUT2D eigenvalue weighted by molar-refractivity contribution is -0.121. The molecule has 1 aliphatic carbocycles. The molecule has 0 spiro atoms. The largest absolute Gasteiger partial charge is 0.354 e. The van der Waals surface area contributed by atoms with E-state index >= 15 is 0 Å². The van der Waals surface area contributed by atoms with Gasteiger partial charge in [-0.05, 0) is 26.2 Å². The van der Waals surface area contributed by atoms with E-state index in [9.17, 15) is 9.59 Å². The molecule has 1 fully saturated rings. The summed E-state index contributed by atoms with van der Waals surface area (Å²) >= 11 is 0. The molecule has 2 N–H and O–H groups in total. The van der Waals surface area contributed by atoms with Crippen LogP contribution in [0.2, 0.25) is 0 Å². The monoisotopic (exact) mass is 264 g/mol. The molecule has 6 nitrogen and oxygen atoms in total. The first-order chi connectivity index (χ1) is 9.13. The lowest BCUT2D eigenvalue weighted by atomic mass is 10.3. The zero-order valence-corrected chi connectivity index (χ0v) is 11.3. The van der Waals surface area contributed by atoms with Crippen molar-refractivity contribution in [2.45, 2.75) is 45.2 Å². The molecule has 1 aromatic rings. The number of aromatic nitrogens is 2. The molecule has 0 bridgehead atoms. The van der Waals surface area contributed by atoms with Gasteiger partial charge in [-0.25, -0.2) is 4.98 Å². The molecule has 2 rings (SSSR count). The summed E-state index contributed by atoms with van der Waals surface area (Å²) in [4.78, 5) is 27.9. The predicted octanol–water partition coefficient (Wildman–Crippen LogP) is 0.905. The third kappa shape index (κ3) is 3.33. The van der Waals surface area contributed by atoms with Crippen molar-refractivity contribution in [3.8, 4) is 0 Å². The van der Waals surface area contributed by atoms with Gasteiger partial charge in [0.25, 0.3) is 5.56 Å². The van der Waals surface area contributed by atoms with Gasteiger partial charge in [-0.15, -0.1) is 0 Å². The van der Waals surface area contributed by atoms with Crippen LogP contribution in [0.1, 0.15) is 39.2 Å². The number of anilines is 1. The van der Waals surface area contributed by atoms with Crippen LogP contribution in [-0.4, -0.2) is 28.0 Å².